The Labute approximate surface area is 148 Å². The number of benzene rings is 1. The summed E-state index contributed by atoms with van der Waals surface area (Å²) >= 11 is 0. The summed E-state index contributed by atoms with van der Waals surface area (Å²) in [6.07, 6.45) is 4.10. The maximum absolute atomic E-state index is 13.3. The summed E-state index contributed by atoms with van der Waals surface area (Å²) in [5.41, 5.74) is -1.01. The molecule has 25 heavy (non-hydrogen) atoms. The van der Waals surface area contributed by atoms with E-state index in [2.05, 4.69) is 28.3 Å². The van der Waals surface area contributed by atoms with Crippen LogP contribution in [0.25, 0.3) is 0 Å². The number of halogens is 1. The molecule has 136 valence electrons. The van der Waals surface area contributed by atoms with Gasteiger partial charge in [-0.2, -0.15) is 0 Å². The Morgan fingerprint density at radius 3 is 2.92 bits per heavy atom. The molecular weight excluding hydrogens is 321 g/mol. The fourth-order valence-corrected chi connectivity index (χ4v) is 3.41. The van der Waals surface area contributed by atoms with Gasteiger partial charge in [-0.15, -0.1) is 0 Å². The highest BCUT2D eigenvalue weighted by molar-refractivity contribution is 5.23. The van der Waals surface area contributed by atoms with Gasteiger partial charge in [0.25, 0.3) is 0 Å². The Balaban J connectivity index is 1.65. The molecule has 2 heterocycles. The van der Waals surface area contributed by atoms with Crippen LogP contribution in [-0.4, -0.2) is 44.4 Å². The number of piperidine rings is 1. The molecule has 1 N–H and O–H groups in total. The van der Waals surface area contributed by atoms with E-state index in [1.165, 1.54) is 12.1 Å². The van der Waals surface area contributed by atoms with E-state index in [0.29, 0.717) is 31.3 Å². The largest absolute Gasteiger partial charge is 0.487 e. The lowest BCUT2D eigenvalue weighted by Crippen LogP contribution is -2.57. The van der Waals surface area contributed by atoms with E-state index in [1.54, 1.807) is 19.1 Å². The minimum atomic E-state index is -1.01. The van der Waals surface area contributed by atoms with Gasteiger partial charge in [-0.3, -0.25) is 4.90 Å². The van der Waals surface area contributed by atoms with E-state index in [4.69, 9.17) is 4.74 Å². The van der Waals surface area contributed by atoms with Crippen LogP contribution < -0.4 is 4.74 Å². The third-order valence-electron chi connectivity index (χ3n) is 4.69. The number of rotatable bonds is 5. The quantitative estimate of drug-likeness (QED) is 0.903. The molecule has 0 saturated carbocycles. The monoisotopic (exact) mass is 347 g/mol. The number of ether oxygens (including phenoxy) is 1. The molecule has 1 saturated heterocycles. The molecule has 0 bridgehead atoms. The molecule has 3 rings (SSSR count). The second kappa shape index (κ2) is 7.14. The fraction of sp³-hybridized carbons (Fsp3) is 0.526. The van der Waals surface area contributed by atoms with Crippen LogP contribution in [0.5, 0.6) is 5.75 Å². The third-order valence-corrected chi connectivity index (χ3v) is 4.69. The van der Waals surface area contributed by atoms with E-state index in [0.717, 1.165) is 12.4 Å². The van der Waals surface area contributed by atoms with Crippen molar-refractivity contribution < 1.29 is 14.2 Å². The highest BCUT2D eigenvalue weighted by Crippen LogP contribution is 2.27. The Hall–Kier alpha value is -1.92. The van der Waals surface area contributed by atoms with Crippen molar-refractivity contribution in [3.05, 3.63) is 48.3 Å². The summed E-state index contributed by atoms with van der Waals surface area (Å²) in [5, 5.41) is 10.9. The van der Waals surface area contributed by atoms with Crippen molar-refractivity contribution in [1.29, 1.82) is 0 Å². The first-order chi connectivity index (χ1) is 11.8. The standard InChI is InChI=1S/C19H26FN3O2/c1-14(2)23-10-8-21-18(23)12-22-9-7-17(19(3,24)13-22)25-16-6-4-5-15(20)11-16/h4-6,8,10-11,14,17,24H,7,9,12-13H2,1-3H3/t17-,19-/m0/s1. The molecular formula is C19H26FN3O2. The predicted molar refractivity (Wildman–Crippen MR) is 93.9 cm³/mol. The molecule has 5 nitrogen and oxygen atoms in total. The van der Waals surface area contributed by atoms with Crippen LogP contribution in [0.3, 0.4) is 0 Å². The number of nitrogens with zero attached hydrogens (tertiary/aromatic N) is 3. The number of imidazole rings is 1. The normalized spacial score (nSPS) is 24.6. The van der Waals surface area contributed by atoms with E-state index < -0.39 is 5.60 Å². The lowest BCUT2D eigenvalue weighted by Gasteiger charge is -2.42. The van der Waals surface area contributed by atoms with E-state index in [9.17, 15) is 9.50 Å². The van der Waals surface area contributed by atoms with Crippen LogP contribution in [-0.2, 0) is 6.54 Å². The molecule has 1 fully saturated rings. The molecule has 6 heteroatoms. The van der Waals surface area contributed by atoms with Crippen LogP contribution in [0.1, 0.15) is 39.1 Å². The third kappa shape index (κ3) is 4.19. The van der Waals surface area contributed by atoms with Crippen molar-refractivity contribution in [2.45, 2.75) is 51.5 Å². The van der Waals surface area contributed by atoms with Crippen LogP contribution in [0.15, 0.2) is 36.7 Å². The summed E-state index contributed by atoms with van der Waals surface area (Å²) in [7, 11) is 0. The van der Waals surface area contributed by atoms with Gasteiger partial charge in [0, 0.05) is 37.6 Å². The fourth-order valence-electron chi connectivity index (χ4n) is 3.41. The number of hydrogen-bond acceptors (Lipinski definition) is 4. The summed E-state index contributed by atoms with van der Waals surface area (Å²) in [5.74, 6) is 1.11. The Morgan fingerprint density at radius 2 is 2.24 bits per heavy atom. The van der Waals surface area contributed by atoms with Gasteiger partial charge in [-0.1, -0.05) is 6.07 Å². The molecule has 0 aliphatic carbocycles. The van der Waals surface area contributed by atoms with Crippen LogP contribution >= 0.6 is 0 Å². The van der Waals surface area contributed by atoms with Gasteiger partial charge in [-0.05, 0) is 39.3 Å². The number of aromatic nitrogens is 2. The van der Waals surface area contributed by atoms with Gasteiger partial charge in [0.05, 0.1) is 6.54 Å². The van der Waals surface area contributed by atoms with Crippen molar-refractivity contribution in [3.8, 4) is 5.75 Å². The van der Waals surface area contributed by atoms with Gasteiger partial charge < -0.3 is 14.4 Å². The van der Waals surface area contributed by atoms with Crippen molar-refractivity contribution in [2.75, 3.05) is 13.1 Å². The predicted octanol–water partition coefficient (Wildman–Crippen LogP) is 3.01. The average Bonchev–Trinajstić information content (AvgIpc) is 2.98. The number of β-amino-alcohol motifs (C(OH)–C–C–N with tert-alkyl or cyclic N) is 1. The molecule has 2 atom stereocenters. The van der Waals surface area contributed by atoms with Crippen molar-refractivity contribution in [3.63, 3.8) is 0 Å². The molecule has 1 aliphatic rings. The molecule has 1 aliphatic heterocycles. The van der Waals surface area contributed by atoms with Crippen molar-refractivity contribution in [1.82, 2.24) is 14.5 Å². The lowest BCUT2D eigenvalue weighted by atomic mass is 9.91. The molecule has 2 aromatic rings. The van der Waals surface area contributed by atoms with Crippen LogP contribution in [0, 0.1) is 5.82 Å². The van der Waals surface area contributed by atoms with E-state index >= 15 is 0 Å². The zero-order valence-electron chi connectivity index (χ0n) is 15.0. The van der Waals surface area contributed by atoms with Gasteiger partial charge in [-0.25, -0.2) is 9.37 Å². The first-order valence-corrected chi connectivity index (χ1v) is 8.74. The molecule has 1 aromatic heterocycles. The first kappa shape index (κ1) is 17.9. The molecule has 0 amide bonds. The Kier molecular flexibility index (Phi) is 5.11. The summed E-state index contributed by atoms with van der Waals surface area (Å²) < 4.78 is 21.3. The minimum Gasteiger partial charge on any atom is -0.487 e. The van der Waals surface area contributed by atoms with E-state index in [1.807, 2.05) is 12.4 Å². The number of aliphatic hydroxyl groups is 1. The van der Waals surface area contributed by atoms with Gasteiger partial charge >= 0.3 is 0 Å². The number of likely N-dealkylation sites (tertiary alicyclic amines) is 1. The average molecular weight is 347 g/mol. The lowest BCUT2D eigenvalue weighted by molar-refractivity contribution is -0.0999. The zero-order chi connectivity index (χ0) is 18.0. The van der Waals surface area contributed by atoms with Gasteiger partial charge in [0.1, 0.15) is 29.1 Å². The second-order valence-corrected chi connectivity index (χ2v) is 7.26. The van der Waals surface area contributed by atoms with Crippen LogP contribution in [0.2, 0.25) is 0 Å². The first-order valence-electron chi connectivity index (χ1n) is 8.74. The van der Waals surface area contributed by atoms with Crippen molar-refractivity contribution >= 4 is 0 Å². The van der Waals surface area contributed by atoms with Gasteiger partial charge in [0.2, 0.25) is 0 Å². The van der Waals surface area contributed by atoms with Crippen molar-refractivity contribution in [2.24, 2.45) is 0 Å². The SMILES string of the molecule is CC(C)n1ccnc1CN1CC[C@H](Oc2cccc(F)c2)[C@@](C)(O)C1. The maximum atomic E-state index is 13.3. The van der Waals surface area contributed by atoms with Crippen LogP contribution in [0.4, 0.5) is 4.39 Å². The summed E-state index contributed by atoms with van der Waals surface area (Å²) in [6.45, 7) is 7.99. The molecule has 0 unspecified atom stereocenters. The number of hydrogen-bond donors (Lipinski definition) is 1. The molecule has 0 spiro atoms. The highest BCUT2D eigenvalue weighted by atomic mass is 19.1. The van der Waals surface area contributed by atoms with Gasteiger partial charge in [0.15, 0.2) is 0 Å². The smallest absolute Gasteiger partial charge is 0.129 e. The Bertz CT molecular complexity index is 714. The summed E-state index contributed by atoms with van der Waals surface area (Å²) in [4.78, 5) is 6.63. The zero-order valence-corrected chi connectivity index (χ0v) is 15.0. The highest BCUT2D eigenvalue weighted by Gasteiger charge is 2.40. The molecule has 0 radical (unpaired) electrons. The van der Waals surface area contributed by atoms with E-state index in [-0.39, 0.29) is 11.9 Å². The summed E-state index contributed by atoms with van der Waals surface area (Å²) in [6, 6.07) is 6.41. The minimum absolute atomic E-state index is 0.338. The Morgan fingerprint density at radius 1 is 1.44 bits per heavy atom. The maximum Gasteiger partial charge on any atom is 0.129 e. The second-order valence-electron chi connectivity index (χ2n) is 7.26. The topological polar surface area (TPSA) is 50.5 Å². The molecule has 1 aromatic carbocycles.